The van der Waals surface area contributed by atoms with Crippen molar-refractivity contribution in [1.82, 2.24) is 9.80 Å². The van der Waals surface area contributed by atoms with Gasteiger partial charge < -0.3 is 15.2 Å². The van der Waals surface area contributed by atoms with Gasteiger partial charge in [0.25, 0.3) is 0 Å². The van der Waals surface area contributed by atoms with E-state index in [0.717, 1.165) is 81.3 Å². The second kappa shape index (κ2) is 26.8. The van der Waals surface area contributed by atoms with E-state index >= 15 is 0 Å². The van der Waals surface area contributed by atoms with Crippen LogP contribution in [0.5, 0.6) is 0 Å². The lowest BCUT2D eigenvalue weighted by molar-refractivity contribution is -0.387. The van der Waals surface area contributed by atoms with E-state index in [1.165, 1.54) is 30.3 Å². The number of benzene rings is 4. The second-order valence-electron chi connectivity index (χ2n) is 12.1. The molecule has 2 N–H and O–H groups in total. The molecule has 4 aromatic carbocycles. The van der Waals surface area contributed by atoms with Gasteiger partial charge in [0.1, 0.15) is 5.82 Å². The monoisotopic (exact) mass is 886 g/mol. The molecule has 58 heavy (non-hydrogen) atoms. The standard InChI is InChI=1S/C11H13FN2O3.C11H15FN2O.C7H5BrFNO2.C7H6FNO2.3CH4/c12-10-7-9(1-2-11(10)14(15)16)8-13-3-5-17-6-4-13;12-10-7-9(1-2-11(10)13)8-14-3-5-15-6-4-14;8-4-5-1-2-7(10(11)12)6(9)3-5;1-5-2-3-7(9(10)11)6(8)4-5;;;/h1-2,7H,3-6,8H2;1-2,7H,3-6,8,13H2;1-3H,4H2;2-4H,1H3;3*1H4. The molecule has 0 unspecified atom stereocenters. The number of hydrogen-bond acceptors (Lipinski definition) is 11. The molecular formula is C39H51BrF4N6O8. The third-order valence-corrected chi connectivity index (χ3v) is 8.60. The van der Waals surface area contributed by atoms with E-state index in [9.17, 15) is 47.9 Å². The summed E-state index contributed by atoms with van der Waals surface area (Å²) in [4.78, 5) is 32.9. The average Bonchev–Trinajstić information content (AvgIpc) is 3.14. The van der Waals surface area contributed by atoms with Crippen molar-refractivity contribution in [1.29, 1.82) is 0 Å². The average molecular weight is 888 g/mol. The van der Waals surface area contributed by atoms with Gasteiger partial charge in [-0.05, 0) is 59.5 Å². The van der Waals surface area contributed by atoms with Crippen LogP contribution in [0.25, 0.3) is 0 Å². The molecule has 6 rings (SSSR count). The van der Waals surface area contributed by atoms with Crippen molar-refractivity contribution in [3.05, 3.63) is 149 Å². The quantitative estimate of drug-likeness (QED) is 0.0585. The van der Waals surface area contributed by atoms with Gasteiger partial charge in [-0.2, -0.15) is 13.2 Å². The van der Waals surface area contributed by atoms with Gasteiger partial charge in [0.15, 0.2) is 0 Å². The van der Waals surface area contributed by atoms with Crippen LogP contribution in [0.15, 0.2) is 72.8 Å². The molecule has 4 aromatic rings. The molecule has 0 aliphatic carbocycles. The smallest absolute Gasteiger partial charge is 0.304 e. The number of aryl methyl sites for hydroxylation is 1. The lowest BCUT2D eigenvalue weighted by Gasteiger charge is -2.26. The molecule has 0 spiro atoms. The molecule has 320 valence electrons. The summed E-state index contributed by atoms with van der Waals surface area (Å²) >= 11 is 3.12. The van der Waals surface area contributed by atoms with E-state index in [4.69, 9.17) is 15.2 Å². The number of nitrogens with zero attached hydrogens (tertiary/aromatic N) is 5. The third kappa shape index (κ3) is 17.6. The molecule has 14 nitrogen and oxygen atoms in total. The first-order chi connectivity index (χ1) is 26.2. The minimum Gasteiger partial charge on any atom is -0.396 e. The number of nitrogens with two attached hydrogens (primary N) is 1. The third-order valence-electron chi connectivity index (χ3n) is 7.96. The first-order valence-electron chi connectivity index (χ1n) is 16.6. The van der Waals surface area contributed by atoms with Crippen LogP contribution in [-0.4, -0.2) is 77.2 Å². The molecule has 0 aromatic heterocycles. The molecule has 2 heterocycles. The maximum atomic E-state index is 13.4. The zero-order valence-corrected chi connectivity index (χ0v) is 31.3. The van der Waals surface area contributed by atoms with Gasteiger partial charge in [0, 0.05) is 62.8 Å². The van der Waals surface area contributed by atoms with Crippen molar-refractivity contribution in [3.8, 4) is 0 Å². The predicted octanol–water partition coefficient (Wildman–Crippen LogP) is 9.39. The maximum Gasteiger partial charge on any atom is 0.304 e. The van der Waals surface area contributed by atoms with Crippen LogP contribution in [0, 0.1) is 60.5 Å². The Morgan fingerprint density at radius 2 is 0.931 bits per heavy atom. The van der Waals surface area contributed by atoms with Crippen molar-refractivity contribution in [3.63, 3.8) is 0 Å². The number of anilines is 1. The number of nitrogen functional groups attached to an aromatic ring is 1. The van der Waals surface area contributed by atoms with Crippen molar-refractivity contribution < 1.29 is 41.8 Å². The molecule has 2 saturated heterocycles. The summed E-state index contributed by atoms with van der Waals surface area (Å²) in [7, 11) is 0. The summed E-state index contributed by atoms with van der Waals surface area (Å²) in [6, 6.07) is 16.6. The van der Waals surface area contributed by atoms with Gasteiger partial charge >= 0.3 is 17.1 Å². The Labute approximate surface area is 344 Å². The summed E-state index contributed by atoms with van der Waals surface area (Å²) in [5.41, 5.74) is 7.24. The van der Waals surface area contributed by atoms with Crippen molar-refractivity contribution >= 4 is 38.7 Å². The topological polar surface area (TPSA) is 180 Å². The molecule has 0 atom stereocenters. The number of alkyl halides is 1. The van der Waals surface area contributed by atoms with Crippen molar-refractivity contribution in [2.75, 3.05) is 58.3 Å². The zero-order chi connectivity index (χ0) is 40.5. The first kappa shape index (κ1) is 52.9. The summed E-state index contributed by atoms with van der Waals surface area (Å²) in [5.74, 6) is -2.69. The molecule has 0 amide bonds. The van der Waals surface area contributed by atoms with Crippen molar-refractivity contribution in [2.45, 2.75) is 47.6 Å². The molecule has 0 bridgehead atoms. The first-order valence-corrected chi connectivity index (χ1v) is 17.8. The highest BCUT2D eigenvalue weighted by molar-refractivity contribution is 9.08. The molecule has 2 aliphatic heterocycles. The Hall–Kier alpha value is -5.08. The molecule has 0 radical (unpaired) electrons. The Kier molecular flexibility index (Phi) is 24.4. The highest BCUT2D eigenvalue weighted by Crippen LogP contribution is 2.21. The normalized spacial score (nSPS) is 13.5. The molecule has 19 heteroatoms. The SMILES string of the molecule is C.C.C.Cc1ccc([N+](=O)[O-])c(F)c1.Nc1ccc(CN2CCOCC2)cc1F.O=[N+]([O-])c1ccc(CBr)cc1F.O=[N+]([O-])c1ccc(CN2CCOCC2)cc1F. The number of nitro benzene ring substituents is 3. The fourth-order valence-electron chi connectivity index (χ4n) is 5.04. The minimum atomic E-state index is -0.794. The fraction of sp³-hybridized carbons (Fsp3) is 0.385. The van der Waals surface area contributed by atoms with E-state index in [2.05, 4.69) is 25.7 Å². The van der Waals surface area contributed by atoms with Crippen LogP contribution >= 0.6 is 15.9 Å². The Morgan fingerprint density at radius 3 is 1.29 bits per heavy atom. The Balaban J connectivity index is 0.000000744. The Bertz CT molecular complexity index is 1920. The Morgan fingerprint density at radius 1 is 0.586 bits per heavy atom. The van der Waals surface area contributed by atoms with E-state index in [-0.39, 0.29) is 33.8 Å². The van der Waals surface area contributed by atoms with Crippen LogP contribution in [0.1, 0.15) is 44.5 Å². The minimum absolute atomic E-state index is 0. The van der Waals surface area contributed by atoms with E-state index in [1.807, 2.05) is 6.07 Å². The van der Waals surface area contributed by atoms with E-state index in [0.29, 0.717) is 36.2 Å². The predicted molar refractivity (Wildman–Crippen MR) is 220 cm³/mol. The van der Waals surface area contributed by atoms with E-state index < -0.39 is 49.3 Å². The van der Waals surface area contributed by atoms with Gasteiger partial charge in [0.05, 0.1) is 46.9 Å². The number of morpholine rings is 2. The van der Waals surface area contributed by atoms with Gasteiger partial charge in [-0.25, -0.2) is 4.39 Å². The number of rotatable bonds is 8. The lowest BCUT2D eigenvalue weighted by atomic mass is 10.2. The second-order valence-corrected chi connectivity index (χ2v) is 12.6. The van der Waals surface area contributed by atoms with E-state index in [1.54, 1.807) is 19.1 Å². The number of hydrogen-bond donors (Lipinski definition) is 1. The lowest BCUT2D eigenvalue weighted by Crippen LogP contribution is -2.35. The summed E-state index contributed by atoms with van der Waals surface area (Å²) in [6.45, 7) is 9.33. The van der Waals surface area contributed by atoms with Crippen LogP contribution in [0.3, 0.4) is 0 Å². The van der Waals surface area contributed by atoms with Crippen molar-refractivity contribution in [2.24, 2.45) is 0 Å². The summed E-state index contributed by atoms with van der Waals surface area (Å²) < 4.78 is 62.5. The highest BCUT2D eigenvalue weighted by Gasteiger charge is 2.17. The van der Waals surface area contributed by atoms with Gasteiger partial charge in [-0.1, -0.05) is 62.5 Å². The van der Waals surface area contributed by atoms with Crippen LogP contribution in [-0.2, 0) is 27.9 Å². The molecule has 0 saturated carbocycles. The van der Waals surface area contributed by atoms with Gasteiger partial charge in [-0.15, -0.1) is 0 Å². The van der Waals surface area contributed by atoms with Gasteiger partial charge in [0.2, 0.25) is 17.5 Å². The summed E-state index contributed by atoms with van der Waals surface area (Å²) in [6.07, 6.45) is 0. The van der Waals surface area contributed by atoms with Crippen LogP contribution < -0.4 is 5.73 Å². The van der Waals surface area contributed by atoms with Crippen LogP contribution in [0.4, 0.5) is 40.3 Å². The maximum absolute atomic E-state index is 13.4. The van der Waals surface area contributed by atoms with Gasteiger partial charge in [-0.3, -0.25) is 40.1 Å². The number of nitro groups is 3. The largest absolute Gasteiger partial charge is 0.396 e. The fourth-order valence-corrected chi connectivity index (χ4v) is 5.39. The highest BCUT2D eigenvalue weighted by atomic mass is 79.9. The molecule has 2 fully saturated rings. The zero-order valence-electron chi connectivity index (χ0n) is 29.7. The number of ether oxygens (including phenoxy) is 2. The molecule has 2 aliphatic rings. The molecular weight excluding hydrogens is 836 g/mol. The number of halogens is 5. The van der Waals surface area contributed by atoms with Crippen LogP contribution in [0.2, 0.25) is 0 Å². The summed E-state index contributed by atoms with van der Waals surface area (Å²) in [5, 5.41) is 31.2.